The van der Waals surface area contributed by atoms with Gasteiger partial charge in [-0.05, 0) is 56.3 Å². The maximum Gasteiger partial charge on any atom is 0.189 e. The molecule has 0 atom stereocenters. The molecule has 1 aliphatic rings. The lowest BCUT2D eigenvalue weighted by molar-refractivity contribution is 0.102. The van der Waals surface area contributed by atoms with E-state index in [-0.39, 0.29) is 5.78 Å². The number of likely N-dealkylation sites (N-methyl/N-ethyl adjacent to an activating group) is 1. The predicted octanol–water partition coefficient (Wildman–Crippen LogP) is 3.84. The summed E-state index contributed by atoms with van der Waals surface area (Å²) in [6, 6.07) is 15.8. The van der Waals surface area contributed by atoms with Crippen molar-refractivity contribution >= 4 is 11.9 Å². The molecular formula is C21H23NO2. The lowest BCUT2D eigenvalue weighted by atomic mass is 9.86. The number of fused-ring (bicyclic) bond motifs is 1. The Morgan fingerprint density at radius 1 is 1.04 bits per heavy atom. The van der Waals surface area contributed by atoms with Crippen LogP contribution in [0, 0.1) is 0 Å². The number of benzene rings is 2. The van der Waals surface area contributed by atoms with Crippen LogP contribution in [0.2, 0.25) is 0 Å². The van der Waals surface area contributed by atoms with E-state index in [2.05, 4.69) is 4.90 Å². The first-order valence-corrected chi connectivity index (χ1v) is 8.34. The van der Waals surface area contributed by atoms with Gasteiger partial charge in [0.15, 0.2) is 5.78 Å². The molecule has 0 fully saturated rings. The Labute approximate surface area is 143 Å². The van der Waals surface area contributed by atoms with Crippen molar-refractivity contribution < 1.29 is 9.53 Å². The number of nitrogens with zero attached hydrogens (tertiary/aromatic N) is 1. The second kappa shape index (κ2) is 7.45. The Bertz CT molecular complexity index is 745. The van der Waals surface area contributed by atoms with E-state index in [1.165, 1.54) is 0 Å². The highest BCUT2D eigenvalue weighted by Gasteiger charge is 2.20. The van der Waals surface area contributed by atoms with Crippen LogP contribution >= 0.6 is 0 Å². The van der Waals surface area contributed by atoms with Crippen molar-refractivity contribution in [3.63, 3.8) is 0 Å². The van der Waals surface area contributed by atoms with Crippen LogP contribution in [0.1, 0.15) is 27.9 Å². The van der Waals surface area contributed by atoms with Crippen molar-refractivity contribution in [2.45, 2.75) is 12.8 Å². The number of allylic oxidation sites excluding steroid dienone is 1. The zero-order valence-electron chi connectivity index (χ0n) is 14.3. The topological polar surface area (TPSA) is 29.5 Å². The Kier molecular flexibility index (Phi) is 5.11. The summed E-state index contributed by atoms with van der Waals surface area (Å²) >= 11 is 0. The molecule has 0 aliphatic heterocycles. The highest BCUT2D eigenvalue weighted by Crippen LogP contribution is 2.26. The van der Waals surface area contributed by atoms with E-state index < -0.39 is 0 Å². The van der Waals surface area contributed by atoms with E-state index in [4.69, 9.17) is 4.74 Å². The number of Topliss-reactive ketones (excluding diaryl/α,β-unsaturated/α-hetero) is 1. The molecule has 0 aromatic heterocycles. The molecule has 2 aromatic carbocycles. The molecule has 0 radical (unpaired) electrons. The maximum absolute atomic E-state index is 12.6. The number of aryl methyl sites for hydroxylation is 1. The summed E-state index contributed by atoms with van der Waals surface area (Å²) in [6.45, 7) is 1.56. The Hall–Kier alpha value is -2.39. The fourth-order valence-corrected chi connectivity index (χ4v) is 2.86. The van der Waals surface area contributed by atoms with Gasteiger partial charge in [0.1, 0.15) is 12.4 Å². The number of hydrogen-bond acceptors (Lipinski definition) is 3. The van der Waals surface area contributed by atoms with Gasteiger partial charge in [-0.25, -0.2) is 0 Å². The molecule has 24 heavy (non-hydrogen) atoms. The van der Waals surface area contributed by atoms with Gasteiger partial charge in [0.2, 0.25) is 0 Å². The van der Waals surface area contributed by atoms with Crippen molar-refractivity contribution in [1.82, 2.24) is 4.90 Å². The number of carbonyl (C=O) groups excluding carboxylic acids is 1. The van der Waals surface area contributed by atoms with Crippen LogP contribution in [0.5, 0.6) is 5.75 Å². The lowest BCUT2D eigenvalue weighted by Crippen LogP contribution is -2.19. The molecule has 0 saturated carbocycles. The van der Waals surface area contributed by atoms with E-state index in [9.17, 15) is 4.79 Å². The third-order valence-corrected chi connectivity index (χ3v) is 4.25. The smallest absolute Gasteiger partial charge is 0.189 e. The summed E-state index contributed by atoms with van der Waals surface area (Å²) in [5.74, 6) is 1.02. The quantitative estimate of drug-likeness (QED) is 0.784. The van der Waals surface area contributed by atoms with Crippen LogP contribution in [0.3, 0.4) is 0 Å². The number of hydrogen-bond donors (Lipinski definition) is 0. The summed E-state index contributed by atoms with van der Waals surface area (Å²) in [7, 11) is 4.05. The van der Waals surface area contributed by atoms with Crippen LogP contribution in [0.15, 0.2) is 54.1 Å². The van der Waals surface area contributed by atoms with Gasteiger partial charge in [-0.1, -0.05) is 36.4 Å². The molecule has 3 heteroatoms. The summed E-state index contributed by atoms with van der Waals surface area (Å²) in [5.41, 5.74) is 3.93. The number of carbonyl (C=O) groups is 1. The molecule has 1 aliphatic carbocycles. The molecule has 0 saturated heterocycles. The molecule has 0 amide bonds. The maximum atomic E-state index is 12.6. The molecule has 3 rings (SSSR count). The van der Waals surface area contributed by atoms with Crippen LogP contribution < -0.4 is 4.74 Å². The molecule has 0 heterocycles. The lowest BCUT2D eigenvalue weighted by Gasteiger charge is -2.17. The van der Waals surface area contributed by atoms with Crippen molar-refractivity contribution in [3.8, 4) is 5.75 Å². The average Bonchev–Trinajstić information content (AvgIpc) is 2.59. The SMILES string of the molecule is CN(C)CCOc1ccc(/C=C2/CCc3ccccc3C2=O)cc1. The zero-order valence-corrected chi connectivity index (χ0v) is 14.3. The third-order valence-electron chi connectivity index (χ3n) is 4.25. The van der Waals surface area contributed by atoms with Gasteiger partial charge in [-0.2, -0.15) is 0 Å². The highest BCUT2D eigenvalue weighted by atomic mass is 16.5. The monoisotopic (exact) mass is 321 g/mol. The van der Waals surface area contributed by atoms with Crippen molar-refractivity contribution in [2.75, 3.05) is 27.2 Å². The van der Waals surface area contributed by atoms with Gasteiger partial charge >= 0.3 is 0 Å². The fraction of sp³-hybridized carbons (Fsp3) is 0.286. The standard InChI is InChI=1S/C21H23NO2/c1-22(2)13-14-24-19-11-7-16(8-12-19)15-18-10-9-17-5-3-4-6-20(17)21(18)23/h3-8,11-12,15H,9-10,13-14H2,1-2H3/b18-15-. The van der Waals surface area contributed by atoms with Gasteiger partial charge in [-0.15, -0.1) is 0 Å². The second-order valence-corrected chi connectivity index (χ2v) is 6.38. The summed E-state index contributed by atoms with van der Waals surface area (Å²) in [4.78, 5) is 14.7. The first-order chi connectivity index (χ1) is 11.6. The van der Waals surface area contributed by atoms with Crippen LogP contribution in [0.25, 0.3) is 6.08 Å². The summed E-state index contributed by atoms with van der Waals surface area (Å²) in [6.07, 6.45) is 3.73. The van der Waals surface area contributed by atoms with Crippen molar-refractivity contribution in [2.24, 2.45) is 0 Å². The normalized spacial score (nSPS) is 15.6. The van der Waals surface area contributed by atoms with Gasteiger partial charge < -0.3 is 9.64 Å². The number of rotatable bonds is 5. The highest BCUT2D eigenvalue weighted by molar-refractivity contribution is 6.13. The first-order valence-electron chi connectivity index (χ1n) is 8.34. The van der Waals surface area contributed by atoms with E-state index in [1.54, 1.807) is 0 Å². The molecule has 2 aromatic rings. The molecular weight excluding hydrogens is 298 g/mol. The van der Waals surface area contributed by atoms with Crippen LogP contribution in [0.4, 0.5) is 0 Å². The average molecular weight is 321 g/mol. The first kappa shape index (κ1) is 16.5. The molecule has 0 bridgehead atoms. The van der Waals surface area contributed by atoms with E-state index in [0.717, 1.165) is 47.4 Å². The Morgan fingerprint density at radius 2 is 1.79 bits per heavy atom. The van der Waals surface area contributed by atoms with E-state index in [0.29, 0.717) is 6.61 Å². The fourth-order valence-electron chi connectivity index (χ4n) is 2.86. The van der Waals surface area contributed by atoms with Gasteiger partial charge in [-0.3, -0.25) is 4.79 Å². The molecule has 0 N–H and O–H groups in total. The van der Waals surface area contributed by atoms with Gasteiger partial charge in [0.05, 0.1) is 0 Å². The minimum absolute atomic E-state index is 0.156. The third kappa shape index (κ3) is 3.92. The van der Waals surface area contributed by atoms with Gasteiger partial charge in [0.25, 0.3) is 0 Å². The number of ether oxygens (including phenoxy) is 1. The number of ketones is 1. The minimum Gasteiger partial charge on any atom is -0.492 e. The predicted molar refractivity (Wildman–Crippen MR) is 97.6 cm³/mol. The van der Waals surface area contributed by atoms with Crippen LogP contribution in [-0.4, -0.2) is 37.9 Å². The largest absolute Gasteiger partial charge is 0.492 e. The van der Waals surface area contributed by atoms with E-state index >= 15 is 0 Å². The summed E-state index contributed by atoms with van der Waals surface area (Å²) in [5, 5.41) is 0. The Morgan fingerprint density at radius 3 is 2.54 bits per heavy atom. The molecule has 0 unspecified atom stereocenters. The zero-order chi connectivity index (χ0) is 16.9. The van der Waals surface area contributed by atoms with Crippen molar-refractivity contribution in [3.05, 3.63) is 70.8 Å². The Balaban J connectivity index is 1.69. The minimum atomic E-state index is 0.156. The molecule has 124 valence electrons. The van der Waals surface area contributed by atoms with Gasteiger partial charge in [0, 0.05) is 17.7 Å². The second-order valence-electron chi connectivity index (χ2n) is 6.38. The summed E-state index contributed by atoms with van der Waals surface area (Å²) < 4.78 is 5.70. The molecule has 3 nitrogen and oxygen atoms in total. The van der Waals surface area contributed by atoms with E-state index in [1.807, 2.05) is 68.7 Å². The van der Waals surface area contributed by atoms with Crippen molar-refractivity contribution in [1.29, 1.82) is 0 Å². The molecule has 0 spiro atoms. The van der Waals surface area contributed by atoms with Crippen LogP contribution in [-0.2, 0) is 6.42 Å².